The van der Waals surface area contributed by atoms with Gasteiger partial charge in [0.15, 0.2) is 105 Å². The van der Waals surface area contributed by atoms with Crippen molar-refractivity contribution in [1.29, 1.82) is 0 Å². The van der Waals surface area contributed by atoms with Crippen LogP contribution in [0.2, 0.25) is 0 Å². The average molecular weight is 1730 g/mol. The van der Waals surface area contributed by atoms with E-state index in [1.807, 2.05) is 0 Å². The Labute approximate surface area is 806 Å². The second-order valence-electron chi connectivity index (χ2n) is 18.1. The molecule has 5 aliphatic rings. The molecule has 0 N–H and O–H groups in total. The zero-order valence-electron chi connectivity index (χ0n) is 57.4. The van der Waals surface area contributed by atoms with E-state index in [4.69, 9.17) is 101 Å². The van der Waals surface area contributed by atoms with Gasteiger partial charge in [-0.2, -0.15) is 0 Å². The molecule has 0 spiro atoms. The fourth-order valence-corrected chi connectivity index (χ4v) is 12.2. The zero-order chi connectivity index (χ0) is 69.3. The van der Waals surface area contributed by atoms with E-state index in [0.717, 1.165) is 56.9 Å². The molecule has 5 heterocycles. The van der Waals surface area contributed by atoms with Crippen LogP contribution in [0.4, 0.5) is 0 Å². The normalized spacial score (nSPS) is 33.6. The molecular formula is C38H55Na9O49S7. The molecule has 5 saturated heterocycles. The minimum absolute atomic E-state index is 0. The molecule has 49 nitrogen and oxygen atoms in total. The molecule has 0 aromatic rings. The third-order valence-corrected chi connectivity index (χ3v) is 16.3. The molecule has 552 valence electrons. The predicted octanol–water partition coefficient (Wildman–Crippen LogP) is -38.1. The van der Waals surface area contributed by atoms with E-state index in [2.05, 4.69) is 55.2 Å². The molecule has 0 amide bonds. The van der Waals surface area contributed by atoms with Crippen molar-refractivity contribution < 1.29 is 495 Å². The van der Waals surface area contributed by atoms with Crippen LogP contribution < -0.4 is 303 Å². The minimum atomic E-state index is -5.81. The van der Waals surface area contributed by atoms with E-state index in [9.17, 15) is 72.0 Å². The summed E-state index contributed by atoms with van der Waals surface area (Å²) in [5.74, 6) is -4.32. The summed E-state index contributed by atoms with van der Waals surface area (Å²) in [6.45, 7) is -3.26. The largest absolute Gasteiger partial charge is 1.00 e. The van der Waals surface area contributed by atoms with Crippen LogP contribution in [0.5, 0.6) is 0 Å². The summed E-state index contributed by atoms with van der Waals surface area (Å²) in [6, 6.07) is 0. The number of carbonyl (C=O) groups excluding carboxylic acids is 2. The van der Waals surface area contributed by atoms with E-state index < -0.39 is 206 Å². The summed E-state index contributed by atoms with van der Waals surface area (Å²) >= 11 is -1.10. The predicted molar refractivity (Wildman–Crippen MR) is 261 cm³/mol. The van der Waals surface area contributed by atoms with Gasteiger partial charge in [0.05, 0.1) is 31.8 Å². The molecule has 103 heavy (non-hydrogen) atoms. The van der Waals surface area contributed by atoms with Gasteiger partial charge >= 0.3 is 266 Å². The van der Waals surface area contributed by atoms with Crippen LogP contribution in [0.25, 0.3) is 0 Å². The molecular weight excluding hydrogens is 1670 g/mol. The summed E-state index contributed by atoms with van der Waals surface area (Å²) in [5, 5.41) is 97.7. The van der Waals surface area contributed by atoms with Crippen molar-refractivity contribution in [3.63, 3.8) is 0 Å². The van der Waals surface area contributed by atoms with Gasteiger partial charge in [0, 0.05) is 56.9 Å². The zero-order valence-corrected chi connectivity index (χ0v) is 81.1. The Morgan fingerprint density at radius 1 is 0.320 bits per heavy atom. The number of carbonyl (C=O) groups is 2. The molecule has 65 heteroatoms. The molecule has 5 aliphatic heterocycles. The monoisotopic (exact) mass is 1730 g/mol. The van der Waals surface area contributed by atoms with Crippen LogP contribution >= 0.6 is 61.6 Å². The first-order valence-corrected chi connectivity index (χ1v) is 31.2. The number of rotatable bonds is 45. The van der Waals surface area contributed by atoms with Gasteiger partial charge in [-0.05, 0) is 0 Å². The quantitative estimate of drug-likeness (QED) is 0.0104. The topological polar surface area (TPSA) is 624 Å². The molecule has 25 unspecified atom stereocenters. The van der Waals surface area contributed by atoms with Crippen molar-refractivity contribution in [3.05, 3.63) is 0 Å². The van der Waals surface area contributed by atoms with Crippen LogP contribution in [-0.2, 0) is 187 Å². The van der Waals surface area contributed by atoms with Crippen molar-refractivity contribution in [2.24, 2.45) is 0 Å². The standard InChI is InChI=1S/C38H64O49S7.9Na/c1-54-15-13(10-63-93(48,49)50)66-35(27(58-5)18(15)55-2)70-21-19(56-3)28(59-6)37(72-25(21)32(39)40)69-17-14(11-64-94(51,52)53)67-38(31(77-92-87-82-47)24(17)75-90-85-80-45)71-22-20(57-4)29(60-7)36(73-26(22)33(41)42)68-16-12(9-62-88-83-78-43)65-34(61-8)30(76-91-86-81-46)23(16)74-89-84-79-44;;;;;;;;;/h12-31,34-38,43-47H,9-11H2,1-8H3,(H,39,40)(H,41,42)(H,48,49,50)(H,51,52,53);;;;;;;;;/q;9*+1/p-9. The van der Waals surface area contributed by atoms with Crippen molar-refractivity contribution in [1.82, 2.24) is 0 Å². The molecule has 0 radical (unpaired) electrons. The molecule has 0 aromatic carbocycles. The van der Waals surface area contributed by atoms with Crippen molar-refractivity contribution in [3.8, 4) is 0 Å². The third-order valence-electron chi connectivity index (χ3n) is 13.4. The molecule has 0 aliphatic carbocycles. The number of ether oxygens (including phenoxy) is 17. The molecule has 25 atom stereocenters. The maximum atomic E-state index is 13.4. The van der Waals surface area contributed by atoms with Gasteiger partial charge in [-0.25, -0.2) is 16.8 Å². The number of hydrogen-bond acceptors (Lipinski definition) is 54. The van der Waals surface area contributed by atoms with Gasteiger partial charge in [-0.3, -0.25) is 54.5 Å². The maximum absolute atomic E-state index is 13.4. The number of aliphatic carboxylic acids is 2. The number of hydrogen-bond donors (Lipinski definition) is 0. The maximum Gasteiger partial charge on any atom is 1.00 e. The Hall–Kier alpha value is 7.95. The number of methoxy groups -OCH3 is 8. The fraction of sp³-hybridized carbons (Fsp3) is 0.947. The van der Waals surface area contributed by atoms with Crippen LogP contribution in [0, 0.1) is 0 Å². The van der Waals surface area contributed by atoms with Crippen LogP contribution in [0.15, 0.2) is 0 Å². The Bertz CT molecular complexity index is 2430. The first-order chi connectivity index (χ1) is 45.0. The summed E-state index contributed by atoms with van der Waals surface area (Å²) in [7, 11) is -2.77. The smallest absolute Gasteiger partial charge is 0.726 e. The third kappa shape index (κ3) is 37.1. The molecule has 0 bridgehead atoms. The Morgan fingerprint density at radius 3 is 0.893 bits per heavy atom. The Balaban J connectivity index is -0.00000356. The molecule has 5 rings (SSSR count). The van der Waals surface area contributed by atoms with Gasteiger partial charge in [0.25, 0.3) is 0 Å². The SMILES string of the molecule is COC1OC(COSOO[O-])C(OC2OC(C(=O)[O-])C(OC3OC(COS(=O)(=O)[O-])C(OC4OC(C(=O)[O-])C(OC5OC(COS(=O)(=O)[O-])C(OC)C(OC)C5OC)C(OC)C4OC)C(OSOO[O-])C3OSOO[O-])C(OC)C2OC)C(OSOO[O-])C1OSOO[O-].[Na+].[Na+].[Na+].[Na+].[Na+].[Na+].[Na+].[Na+].[Na+]. The van der Waals surface area contributed by atoms with Crippen LogP contribution in [0.1, 0.15) is 0 Å². The van der Waals surface area contributed by atoms with Crippen molar-refractivity contribution in [2.45, 2.75) is 154 Å². The first kappa shape index (κ1) is 119. The van der Waals surface area contributed by atoms with Gasteiger partial charge < -0.3 is 136 Å². The Kier molecular flexibility index (Phi) is 74.1. The Morgan fingerprint density at radius 2 is 0.583 bits per heavy atom. The van der Waals surface area contributed by atoms with Crippen molar-refractivity contribution >= 4 is 94.4 Å². The van der Waals surface area contributed by atoms with Gasteiger partial charge in [0.2, 0.25) is 20.8 Å². The van der Waals surface area contributed by atoms with Gasteiger partial charge in [0.1, 0.15) is 110 Å². The van der Waals surface area contributed by atoms with Gasteiger partial charge in [-0.1, -0.05) is 0 Å². The first-order valence-electron chi connectivity index (χ1n) is 25.2. The molecule has 0 aromatic heterocycles. The van der Waals surface area contributed by atoms with E-state index in [-0.39, 0.29) is 328 Å². The molecule has 5 fully saturated rings. The van der Waals surface area contributed by atoms with E-state index >= 15 is 0 Å². The average Bonchev–Trinajstić information content (AvgIpc) is 0.764. The fourth-order valence-electron chi connectivity index (χ4n) is 9.89. The van der Waals surface area contributed by atoms with E-state index in [1.165, 1.54) is 0 Å². The summed E-state index contributed by atoms with van der Waals surface area (Å²) in [5.41, 5.74) is 0. The van der Waals surface area contributed by atoms with E-state index in [0.29, 0.717) is 0 Å². The minimum Gasteiger partial charge on any atom is -0.726 e. The van der Waals surface area contributed by atoms with Gasteiger partial charge in [-0.15, -0.1) is 21.7 Å². The number of carboxylic acids is 2. The number of carboxylic acid groups (broad SMARTS) is 2. The summed E-state index contributed by atoms with van der Waals surface area (Å²) < 4.78 is 228. The second-order valence-corrected chi connectivity index (χ2v) is 22.6. The summed E-state index contributed by atoms with van der Waals surface area (Å²) in [4.78, 5) is 26.6. The van der Waals surface area contributed by atoms with Crippen LogP contribution in [0.3, 0.4) is 0 Å². The van der Waals surface area contributed by atoms with Crippen molar-refractivity contribution in [2.75, 3.05) is 76.7 Å². The molecule has 0 saturated carbocycles. The second kappa shape index (κ2) is 63.9. The summed E-state index contributed by atoms with van der Waals surface area (Å²) in [6.07, 6.45) is -48.3. The van der Waals surface area contributed by atoms with E-state index in [1.54, 1.807) is 0 Å². The van der Waals surface area contributed by atoms with Crippen LogP contribution in [-0.4, -0.2) is 268 Å².